The van der Waals surface area contributed by atoms with Crippen molar-refractivity contribution < 1.29 is 18.8 Å². The van der Waals surface area contributed by atoms with E-state index in [1.807, 2.05) is 30.3 Å². The van der Waals surface area contributed by atoms with E-state index in [0.29, 0.717) is 10.7 Å². The highest BCUT2D eigenvalue weighted by molar-refractivity contribution is 6.30. The van der Waals surface area contributed by atoms with Gasteiger partial charge in [0.2, 0.25) is 5.91 Å². The summed E-state index contributed by atoms with van der Waals surface area (Å²) in [5, 5.41) is 2.15. The van der Waals surface area contributed by atoms with Gasteiger partial charge in [0.15, 0.2) is 6.10 Å². The Balaban J connectivity index is 1.60. The van der Waals surface area contributed by atoms with Gasteiger partial charge in [-0.2, -0.15) is 0 Å². The van der Waals surface area contributed by atoms with Crippen molar-refractivity contribution in [3.63, 3.8) is 0 Å². The summed E-state index contributed by atoms with van der Waals surface area (Å²) in [6.07, 6.45) is -1.04. The summed E-state index contributed by atoms with van der Waals surface area (Å²) in [7, 11) is 0. The van der Waals surface area contributed by atoms with Crippen LogP contribution in [0.3, 0.4) is 0 Å². The third-order valence-corrected chi connectivity index (χ3v) is 5.68. The molecule has 0 radical (unpaired) electrons. The Hall–Kier alpha value is -3.22. The topological polar surface area (TPSA) is 49.9 Å². The maximum Gasteiger partial charge on any atom is 0.266 e. The maximum atomic E-state index is 14.4. The van der Waals surface area contributed by atoms with Crippen LogP contribution < -0.4 is 9.96 Å². The first kappa shape index (κ1) is 18.8. The van der Waals surface area contributed by atoms with Crippen LogP contribution in [0.15, 0.2) is 78.9 Å². The van der Waals surface area contributed by atoms with E-state index in [2.05, 4.69) is 0 Å². The van der Waals surface area contributed by atoms with Crippen LogP contribution in [-0.2, 0) is 14.4 Å². The van der Waals surface area contributed by atoms with Gasteiger partial charge in [-0.15, -0.1) is 0 Å². The Morgan fingerprint density at radius 3 is 2.20 bits per heavy atom. The van der Waals surface area contributed by atoms with Crippen LogP contribution in [0.2, 0.25) is 5.02 Å². The first-order valence-electron chi connectivity index (χ1n) is 9.45. The Bertz CT molecular complexity index is 1120. The van der Waals surface area contributed by atoms with Crippen LogP contribution >= 0.6 is 11.6 Å². The minimum Gasteiger partial charge on any atom is -0.273 e. The summed E-state index contributed by atoms with van der Waals surface area (Å²) < 4.78 is 14.4. The van der Waals surface area contributed by atoms with Crippen molar-refractivity contribution in [3.8, 4) is 0 Å². The first-order chi connectivity index (χ1) is 14.6. The number of carbonyl (C=O) groups excluding carboxylic acids is 2. The lowest BCUT2D eigenvalue weighted by atomic mass is 9.90. The monoisotopic (exact) mass is 422 g/mol. The molecule has 0 spiro atoms. The van der Waals surface area contributed by atoms with Gasteiger partial charge in [0.05, 0.1) is 17.4 Å². The molecule has 0 saturated carbocycles. The lowest BCUT2D eigenvalue weighted by Gasteiger charge is -2.28. The van der Waals surface area contributed by atoms with E-state index in [9.17, 15) is 14.0 Å². The highest BCUT2D eigenvalue weighted by Gasteiger charge is 2.60. The lowest BCUT2D eigenvalue weighted by Crippen LogP contribution is -2.37. The average Bonchev–Trinajstić information content (AvgIpc) is 3.26. The van der Waals surface area contributed by atoms with Crippen LogP contribution in [0.5, 0.6) is 0 Å². The molecule has 3 aromatic carbocycles. The normalized spacial score (nSPS) is 23.2. The molecule has 2 aliphatic rings. The molecule has 0 N–H and O–H groups in total. The minimum atomic E-state index is -1.04. The van der Waals surface area contributed by atoms with Gasteiger partial charge in [0.25, 0.3) is 5.91 Å². The summed E-state index contributed by atoms with van der Waals surface area (Å²) >= 11 is 6.04. The number of hydrogen-bond acceptors (Lipinski definition) is 4. The van der Waals surface area contributed by atoms with E-state index in [1.165, 1.54) is 18.2 Å². The molecule has 5 nitrogen and oxygen atoms in total. The number of imide groups is 1. The second-order valence-electron chi connectivity index (χ2n) is 7.17. The number of para-hydroxylation sites is 2. The van der Waals surface area contributed by atoms with Crippen molar-refractivity contribution >= 4 is 34.8 Å². The largest absolute Gasteiger partial charge is 0.273 e. The van der Waals surface area contributed by atoms with Crippen molar-refractivity contribution in [3.05, 3.63) is 95.3 Å². The third kappa shape index (κ3) is 2.88. The molecule has 2 saturated heterocycles. The molecule has 2 heterocycles. The predicted octanol–water partition coefficient (Wildman–Crippen LogP) is 4.53. The van der Waals surface area contributed by atoms with E-state index < -0.39 is 35.7 Å². The molecule has 3 atom stereocenters. The molecule has 0 aromatic heterocycles. The first-order valence-corrected chi connectivity index (χ1v) is 9.83. The number of rotatable bonds is 3. The minimum absolute atomic E-state index is 0.0633. The van der Waals surface area contributed by atoms with Gasteiger partial charge in [-0.05, 0) is 42.0 Å². The van der Waals surface area contributed by atoms with Crippen LogP contribution in [-0.4, -0.2) is 17.9 Å². The van der Waals surface area contributed by atoms with E-state index in [1.54, 1.807) is 35.4 Å². The van der Waals surface area contributed by atoms with Gasteiger partial charge in [-0.1, -0.05) is 54.1 Å². The Kier molecular flexibility index (Phi) is 4.53. The molecule has 3 aromatic rings. The van der Waals surface area contributed by atoms with E-state index >= 15 is 0 Å². The Morgan fingerprint density at radius 1 is 0.833 bits per heavy atom. The molecule has 30 heavy (non-hydrogen) atoms. The standard InChI is InChI=1S/C23H16ClFN2O3/c24-15-12-10-14(11-13-15)20-19-21(30-27(20)16-6-2-1-3-7-16)23(29)26(22(19)28)18-9-5-4-8-17(18)25/h1-13,19-21H/t19-,20-,21+/m0/s1. The second-order valence-corrected chi connectivity index (χ2v) is 7.61. The summed E-state index contributed by atoms with van der Waals surface area (Å²) in [5.41, 5.74) is 1.42. The summed E-state index contributed by atoms with van der Waals surface area (Å²) in [5.74, 6) is -2.53. The number of hydrogen-bond donors (Lipinski definition) is 0. The molecule has 2 aliphatic heterocycles. The zero-order valence-corrected chi connectivity index (χ0v) is 16.4. The van der Waals surface area contributed by atoms with Gasteiger partial charge in [-0.25, -0.2) is 14.4 Å². The molecule has 150 valence electrons. The van der Waals surface area contributed by atoms with Crippen molar-refractivity contribution in [1.29, 1.82) is 0 Å². The number of nitrogens with zero attached hydrogens (tertiary/aromatic N) is 2. The van der Waals surface area contributed by atoms with Gasteiger partial charge in [0, 0.05) is 5.02 Å². The molecular weight excluding hydrogens is 407 g/mol. The average molecular weight is 423 g/mol. The fourth-order valence-electron chi connectivity index (χ4n) is 4.08. The molecule has 0 bridgehead atoms. The summed E-state index contributed by atoms with van der Waals surface area (Å²) in [4.78, 5) is 33.4. The highest BCUT2D eigenvalue weighted by Crippen LogP contribution is 2.47. The molecule has 5 rings (SSSR count). The Labute approximate surface area is 177 Å². The van der Waals surface area contributed by atoms with Crippen molar-refractivity contribution in [1.82, 2.24) is 0 Å². The van der Waals surface area contributed by atoms with Crippen molar-refractivity contribution in [2.24, 2.45) is 5.92 Å². The number of hydroxylamine groups is 1. The number of fused-ring (bicyclic) bond motifs is 1. The molecule has 0 unspecified atom stereocenters. The maximum absolute atomic E-state index is 14.4. The number of anilines is 2. The molecule has 2 amide bonds. The fourth-order valence-corrected chi connectivity index (χ4v) is 4.21. The zero-order chi connectivity index (χ0) is 20.8. The third-order valence-electron chi connectivity index (χ3n) is 5.43. The number of carbonyl (C=O) groups is 2. The smallest absolute Gasteiger partial charge is 0.266 e. The molecule has 0 aliphatic carbocycles. The number of benzene rings is 3. The van der Waals surface area contributed by atoms with Crippen LogP contribution in [0, 0.1) is 11.7 Å². The van der Waals surface area contributed by atoms with Crippen LogP contribution in [0.4, 0.5) is 15.8 Å². The number of amides is 2. The zero-order valence-electron chi connectivity index (χ0n) is 15.6. The van der Waals surface area contributed by atoms with Crippen LogP contribution in [0.25, 0.3) is 0 Å². The van der Waals surface area contributed by atoms with Gasteiger partial charge in [-0.3, -0.25) is 14.4 Å². The Morgan fingerprint density at radius 2 is 1.50 bits per heavy atom. The molecular formula is C23H16ClFN2O3. The lowest BCUT2D eigenvalue weighted by molar-refractivity contribution is -0.126. The van der Waals surface area contributed by atoms with Crippen molar-refractivity contribution in [2.75, 3.05) is 9.96 Å². The van der Waals surface area contributed by atoms with Gasteiger partial charge in [0.1, 0.15) is 11.7 Å². The van der Waals surface area contributed by atoms with Crippen molar-refractivity contribution in [2.45, 2.75) is 12.1 Å². The van der Waals surface area contributed by atoms with Crippen LogP contribution in [0.1, 0.15) is 11.6 Å². The van der Waals surface area contributed by atoms with E-state index in [0.717, 1.165) is 10.5 Å². The number of halogens is 2. The van der Waals surface area contributed by atoms with Gasteiger partial charge >= 0.3 is 0 Å². The van der Waals surface area contributed by atoms with E-state index in [4.69, 9.17) is 16.4 Å². The van der Waals surface area contributed by atoms with E-state index in [-0.39, 0.29) is 5.69 Å². The summed E-state index contributed by atoms with van der Waals surface area (Å²) in [6, 6.07) is 21.5. The fraction of sp³-hybridized carbons (Fsp3) is 0.130. The second kappa shape index (κ2) is 7.23. The molecule has 7 heteroatoms. The SMILES string of the molecule is O=C1[C@@H]2[C@@H](ON(c3ccccc3)[C@H]2c2ccc(Cl)cc2)C(=O)N1c1ccccc1F. The molecule has 2 fully saturated rings. The summed E-state index contributed by atoms with van der Waals surface area (Å²) in [6.45, 7) is 0. The highest BCUT2D eigenvalue weighted by atomic mass is 35.5. The van der Waals surface area contributed by atoms with Gasteiger partial charge < -0.3 is 0 Å². The predicted molar refractivity (Wildman–Crippen MR) is 110 cm³/mol. The quantitative estimate of drug-likeness (QED) is 0.582.